The summed E-state index contributed by atoms with van der Waals surface area (Å²) in [7, 11) is 0. The molecule has 0 spiro atoms. The van der Waals surface area contributed by atoms with Crippen LogP contribution in [0.5, 0.6) is 0 Å². The maximum atomic E-state index is 14.1. The number of aromatic nitrogens is 3. The number of benzene rings is 2. The summed E-state index contributed by atoms with van der Waals surface area (Å²) in [6, 6.07) is 19.4. The molecule has 2 heterocycles. The van der Waals surface area contributed by atoms with Crippen LogP contribution in [0.1, 0.15) is 55.3 Å². The highest BCUT2D eigenvalue weighted by Crippen LogP contribution is 2.31. The second kappa shape index (κ2) is 13.2. The number of amides is 2. The van der Waals surface area contributed by atoms with Gasteiger partial charge in [0.1, 0.15) is 17.6 Å². The molecule has 1 N–H and O–H groups in total. The third-order valence-corrected chi connectivity index (χ3v) is 8.27. The van der Waals surface area contributed by atoms with E-state index >= 15 is 0 Å². The minimum atomic E-state index is -0.864. The fourth-order valence-electron chi connectivity index (χ4n) is 5.02. The summed E-state index contributed by atoms with van der Waals surface area (Å²) in [5.41, 5.74) is 1.33. The van der Waals surface area contributed by atoms with Gasteiger partial charge in [0.25, 0.3) is 0 Å². The number of nitrogens with zero attached hydrogens (tertiary/aromatic N) is 4. The smallest absolute Gasteiger partial charge is 0.248 e. The Hall–Kier alpha value is -3.56. The van der Waals surface area contributed by atoms with Gasteiger partial charge in [-0.15, -0.1) is 10.2 Å². The fourth-order valence-corrected chi connectivity index (χ4v) is 5.99. The van der Waals surface area contributed by atoms with Crippen LogP contribution < -0.4 is 10.2 Å². The SMILES string of the molecule is Cc1nnc(SCC(=O)N(c2ccccc2)[C@@H](C(=O)NC2CCCCC2)c2ccc(Cl)cc2)n1Cc1ccco1. The first-order chi connectivity index (χ1) is 19.5. The molecule has 1 aliphatic carbocycles. The highest BCUT2D eigenvalue weighted by Gasteiger charge is 2.34. The molecule has 10 heteroatoms. The first-order valence-electron chi connectivity index (χ1n) is 13.5. The van der Waals surface area contributed by atoms with E-state index in [2.05, 4.69) is 15.5 Å². The Morgan fingerprint density at radius 2 is 1.80 bits per heavy atom. The lowest BCUT2D eigenvalue weighted by Crippen LogP contribution is -2.47. The molecule has 5 rings (SSSR count). The van der Waals surface area contributed by atoms with Gasteiger partial charge < -0.3 is 9.73 Å². The number of hydrogen-bond donors (Lipinski definition) is 1. The van der Waals surface area contributed by atoms with Crippen LogP contribution in [0.3, 0.4) is 0 Å². The van der Waals surface area contributed by atoms with Gasteiger partial charge in [0, 0.05) is 16.8 Å². The predicted octanol–water partition coefficient (Wildman–Crippen LogP) is 6.20. The van der Waals surface area contributed by atoms with Crippen molar-refractivity contribution >= 4 is 40.9 Å². The van der Waals surface area contributed by atoms with E-state index < -0.39 is 6.04 Å². The van der Waals surface area contributed by atoms with Crippen molar-refractivity contribution in [2.24, 2.45) is 0 Å². The van der Waals surface area contributed by atoms with Crippen LogP contribution in [0.2, 0.25) is 5.02 Å². The van der Waals surface area contributed by atoms with E-state index in [0.29, 0.717) is 28.0 Å². The monoisotopic (exact) mass is 577 g/mol. The molecule has 2 aromatic carbocycles. The summed E-state index contributed by atoms with van der Waals surface area (Å²) in [5.74, 6) is 1.13. The Morgan fingerprint density at radius 1 is 1.05 bits per heavy atom. The average Bonchev–Trinajstić information content (AvgIpc) is 3.62. The summed E-state index contributed by atoms with van der Waals surface area (Å²) in [6.07, 6.45) is 6.87. The molecule has 1 atom stereocenters. The van der Waals surface area contributed by atoms with Crippen LogP contribution in [0, 0.1) is 6.92 Å². The largest absolute Gasteiger partial charge is 0.467 e. The van der Waals surface area contributed by atoms with Gasteiger partial charge in [0.15, 0.2) is 5.16 Å². The highest BCUT2D eigenvalue weighted by molar-refractivity contribution is 7.99. The number of aryl methyl sites for hydroxylation is 1. The molecule has 208 valence electrons. The topological polar surface area (TPSA) is 93.3 Å². The quantitative estimate of drug-likeness (QED) is 0.226. The van der Waals surface area contributed by atoms with Gasteiger partial charge >= 0.3 is 0 Å². The summed E-state index contributed by atoms with van der Waals surface area (Å²) in [4.78, 5) is 29.6. The van der Waals surface area contributed by atoms with Crippen molar-refractivity contribution in [1.29, 1.82) is 0 Å². The maximum absolute atomic E-state index is 14.1. The molecule has 8 nitrogen and oxygen atoms in total. The number of anilines is 1. The summed E-state index contributed by atoms with van der Waals surface area (Å²) < 4.78 is 7.41. The standard InChI is InChI=1S/C30H32ClN5O3S/c1-21-33-34-30(35(21)19-26-13-8-18-39-26)40-20-27(37)36(25-11-6-3-7-12-25)28(22-14-16-23(31)17-15-22)29(38)32-24-9-4-2-5-10-24/h3,6-8,11-18,24,28H,2,4-5,9-10,19-20H2,1H3,(H,32,38)/t28-/m1/s1. The van der Waals surface area contributed by atoms with Crippen LogP contribution in [0.25, 0.3) is 0 Å². The molecule has 40 heavy (non-hydrogen) atoms. The number of thioether (sulfide) groups is 1. The van der Waals surface area contributed by atoms with Crippen LogP contribution >= 0.6 is 23.4 Å². The first-order valence-corrected chi connectivity index (χ1v) is 14.8. The van der Waals surface area contributed by atoms with E-state index in [-0.39, 0.29) is 23.6 Å². The van der Waals surface area contributed by atoms with Crippen LogP contribution in [-0.2, 0) is 16.1 Å². The van der Waals surface area contributed by atoms with E-state index in [1.165, 1.54) is 18.2 Å². The predicted molar refractivity (Wildman–Crippen MR) is 156 cm³/mol. The van der Waals surface area contributed by atoms with E-state index in [4.69, 9.17) is 16.0 Å². The molecule has 0 unspecified atom stereocenters. The number of carbonyl (C=O) groups excluding carboxylic acids is 2. The van der Waals surface area contributed by atoms with E-state index in [1.54, 1.807) is 23.3 Å². The Morgan fingerprint density at radius 3 is 2.50 bits per heavy atom. The van der Waals surface area contributed by atoms with Crippen LogP contribution in [0.15, 0.2) is 82.6 Å². The zero-order chi connectivity index (χ0) is 27.9. The first kappa shape index (κ1) is 28.0. The van der Waals surface area contributed by atoms with Gasteiger partial charge in [-0.05, 0) is 61.7 Å². The molecule has 1 fully saturated rings. The summed E-state index contributed by atoms with van der Waals surface area (Å²) in [6.45, 7) is 2.33. The lowest BCUT2D eigenvalue weighted by atomic mass is 9.94. The van der Waals surface area contributed by atoms with Crippen LogP contribution in [-0.4, -0.2) is 38.4 Å². The van der Waals surface area contributed by atoms with Gasteiger partial charge in [-0.3, -0.25) is 19.1 Å². The minimum absolute atomic E-state index is 0.0615. The molecular weight excluding hydrogens is 546 g/mol. The Balaban J connectivity index is 1.44. The van der Waals surface area contributed by atoms with Crippen molar-refractivity contribution in [2.75, 3.05) is 10.7 Å². The number of para-hydroxylation sites is 1. The lowest BCUT2D eigenvalue weighted by Gasteiger charge is -2.33. The molecule has 1 saturated carbocycles. The molecule has 4 aromatic rings. The molecular formula is C30H32ClN5O3S. The summed E-state index contributed by atoms with van der Waals surface area (Å²) in [5, 5.41) is 12.9. The molecule has 0 aliphatic heterocycles. The van der Waals surface area contributed by atoms with Crippen LogP contribution in [0.4, 0.5) is 5.69 Å². The highest BCUT2D eigenvalue weighted by atomic mass is 35.5. The van der Waals surface area contributed by atoms with E-state index in [9.17, 15) is 9.59 Å². The van der Waals surface area contributed by atoms with Gasteiger partial charge in [-0.1, -0.05) is 73.0 Å². The zero-order valence-electron chi connectivity index (χ0n) is 22.3. The number of halogens is 1. The Kier molecular flexibility index (Phi) is 9.23. The maximum Gasteiger partial charge on any atom is 0.248 e. The van der Waals surface area contributed by atoms with Crippen molar-refractivity contribution in [3.63, 3.8) is 0 Å². The molecule has 1 aliphatic rings. The second-order valence-corrected chi connectivity index (χ2v) is 11.3. The minimum Gasteiger partial charge on any atom is -0.467 e. The van der Waals surface area contributed by atoms with Crippen molar-refractivity contribution in [3.8, 4) is 0 Å². The van der Waals surface area contributed by atoms with Gasteiger partial charge in [-0.25, -0.2) is 0 Å². The Bertz CT molecular complexity index is 1400. The number of nitrogens with one attached hydrogen (secondary N) is 1. The number of hydrogen-bond acceptors (Lipinski definition) is 6. The second-order valence-electron chi connectivity index (χ2n) is 9.88. The molecule has 0 bridgehead atoms. The third-order valence-electron chi connectivity index (χ3n) is 7.07. The number of rotatable bonds is 10. The molecule has 2 aromatic heterocycles. The average molecular weight is 578 g/mol. The number of carbonyl (C=O) groups is 2. The normalized spacial score (nSPS) is 14.6. The molecule has 2 amide bonds. The fraction of sp³-hybridized carbons (Fsp3) is 0.333. The molecule has 0 saturated heterocycles. The lowest BCUT2D eigenvalue weighted by molar-refractivity contribution is -0.126. The Labute approximate surface area is 243 Å². The summed E-state index contributed by atoms with van der Waals surface area (Å²) >= 11 is 7.48. The van der Waals surface area contributed by atoms with E-state index in [0.717, 1.165) is 37.3 Å². The third kappa shape index (κ3) is 6.77. The van der Waals surface area contributed by atoms with E-state index in [1.807, 2.05) is 66.1 Å². The van der Waals surface area contributed by atoms with Gasteiger partial charge in [-0.2, -0.15) is 0 Å². The van der Waals surface area contributed by atoms with Crippen molar-refractivity contribution in [3.05, 3.63) is 95.2 Å². The molecule has 0 radical (unpaired) electrons. The van der Waals surface area contributed by atoms with Crippen molar-refractivity contribution in [1.82, 2.24) is 20.1 Å². The van der Waals surface area contributed by atoms with Gasteiger partial charge in [0.2, 0.25) is 11.8 Å². The van der Waals surface area contributed by atoms with Crippen molar-refractivity contribution in [2.45, 2.75) is 62.8 Å². The van der Waals surface area contributed by atoms with Crippen molar-refractivity contribution < 1.29 is 14.0 Å². The number of furan rings is 1. The van der Waals surface area contributed by atoms with Gasteiger partial charge in [0.05, 0.1) is 18.6 Å². The zero-order valence-corrected chi connectivity index (χ0v) is 23.9.